The molecule has 0 aromatic heterocycles. The molecular formula is C15H20ClFO2. The van der Waals surface area contributed by atoms with Crippen LogP contribution < -0.4 is 0 Å². The maximum Gasteiger partial charge on any atom is 0.130 e. The quantitative estimate of drug-likeness (QED) is 0.906. The Bertz CT molecular complexity index is 442. The number of aliphatic hydroxyl groups excluding tert-OH is 1. The predicted molar refractivity (Wildman–Crippen MR) is 73.7 cm³/mol. The van der Waals surface area contributed by atoms with E-state index in [0.29, 0.717) is 10.9 Å². The van der Waals surface area contributed by atoms with Crippen molar-refractivity contribution in [1.29, 1.82) is 0 Å². The van der Waals surface area contributed by atoms with Crippen molar-refractivity contribution in [2.45, 2.75) is 44.3 Å². The lowest BCUT2D eigenvalue weighted by molar-refractivity contribution is -0.131. The monoisotopic (exact) mass is 286 g/mol. The molecular weight excluding hydrogens is 267 g/mol. The van der Waals surface area contributed by atoms with E-state index in [1.165, 1.54) is 6.07 Å². The highest BCUT2D eigenvalue weighted by Crippen LogP contribution is 2.43. The fourth-order valence-corrected chi connectivity index (χ4v) is 3.01. The number of rotatable bonds is 3. The average molecular weight is 287 g/mol. The van der Waals surface area contributed by atoms with Gasteiger partial charge in [0, 0.05) is 17.7 Å². The predicted octanol–water partition coefficient (Wildman–Crippen LogP) is 4.11. The van der Waals surface area contributed by atoms with Crippen molar-refractivity contribution < 1.29 is 14.2 Å². The van der Waals surface area contributed by atoms with E-state index < -0.39 is 17.5 Å². The van der Waals surface area contributed by atoms with Gasteiger partial charge in [-0.3, -0.25) is 0 Å². The van der Waals surface area contributed by atoms with Crippen LogP contribution in [-0.2, 0) is 4.74 Å². The summed E-state index contributed by atoms with van der Waals surface area (Å²) in [4.78, 5) is 0. The molecule has 1 aromatic rings. The summed E-state index contributed by atoms with van der Waals surface area (Å²) in [5.41, 5.74) is -0.415. The normalized spacial score (nSPS) is 29.2. The van der Waals surface area contributed by atoms with Gasteiger partial charge in [-0.1, -0.05) is 24.6 Å². The van der Waals surface area contributed by atoms with Crippen LogP contribution in [0.5, 0.6) is 0 Å². The van der Waals surface area contributed by atoms with Gasteiger partial charge < -0.3 is 9.84 Å². The summed E-state index contributed by atoms with van der Waals surface area (Å²) in [7, 11) is 1.59. The highest BCUT2D eigenvalue weighted by atomic mass is 35.5. The molecule has 1 N–H and O–H groups in total. The lowest BCUT2D eigenvalue weighted by Gasteiger charge is -2.41. The first kappa shape index (κ1) is 14.8. The Kier molecular flexibility index (Phi) is 4.49. The zero-order valence-electron chi connectivity index (χ0n) is 11.3. The van der Waals surface area contributed by atoms with E-state index in [1.54, 1.807) is 19.2 Å². The molecule has 1 aromatic carbocycles. The molecule has 0 radical (unpaired) electrons. The van der Waals surface area contributed by atoms with Gasteiger partial charge in [0.2, 0.25) is 0 Å². The molecule has 2 nitrogen and oxygen atoms in total. The van der Waals surface area contributed by atoms with Crippen LogP contribution >= 0.6 is 11.6 Å². The zero-order chi connectivity index (χ0) is 14.0. The molecule has 1 aliphatic rings. The minimum atomic E-state index is -0.956. The fourth-order valence-electron chi connectivity index (χ4n) is 2.85. The third-order valence-corrected chi connectivity index (χ3v) is 4.52. The summed E-state index contributed by atoms with van der Waals surface area (Å²) in [6.07, 6.45) is 2.50. The van der Waals surface area contributed by atoms with Crippen LogP contribution in [0.4, 0.5) is 4.39 Å². The first-order valence-corrected chi connectivity index (χ1v) is 7.04. The molecule has 0 spiro atoms. The third kappa shape index (κ3) is 2.93. The van der Waals surface area contributed by atoms with Crippen molar-refractivity contribution in [3.8, 4) is 0 Å². The molecule has 2 rings (SSSR count). The van der Waals surface area contributed by atoms with Gasteiger partial charge in [0.05, 0.1) is 5.60 Å². The minimum absolute atomic E-state index is 0.265. The summed E-state index contributed by atoms with van der Waals surface area (Å²) in [5.74, 6) is 0.153. The van der Waals surface area contributed by atoms with Gasteiger partial charge >= 0.3 is 0 Å². The van der Waals surface area contributed by atoms with Crippen LogP contribution in [0.3, 0.4) is 0 Å². The summed E-state index contributed by atoms with van der Waals surface area (Å²) < 4.78 is 19.5. The van der Waals surface area contributed by atoms with Gasteiger partial charge in [-0.15, -0.1) is 0 Å². The van der Waals surface area contributed by atoms with E-state index in [4.69, 9.17) is 16.3 Å². The first-order chi connectivity index (χ1) is 8.98. The average Bonchev–Trinajstić information content (AvgIpc) is 2.39. The minimum Gasteiger partial charge on any atom is -0.385 e. The van der Waals surface area contributed by atoms with Crippen LogP contribution in [0.15, 0.2) is 18.2 Å². The van der Waals surface area contributed by atoms with Crippen molar-refractivity contribution in [2.24, 2.45) is 5.92 Å². The topological polar surface area (TPSA) is 29.5 Å². The second kappa shape index (κ2) is 5.78. The maximum absolute atomic E-state index is 13.9. The van der Waals surface area contributed by atoms with E-state index in [9.17, 15) is 9.50 Å². The Morgan fingerprint density at radius 2 is 2.05 bits per heavy atom. The van der Waals surface area contributed by atoms with Gasteiger partial charge in [-0.25, -0.2) is 4.39 Å². The number of hydrogen-bond acceptors (Lipinski definition) is 2. The molecule has 1 fully saturated rings. The molecule has 0 heterocycles. The molecule has 106 valence electrons. The molecule has 1 unspecified atom stereocenters. The summed E-state index contributed by atoms with van der Waals surface area (Å²) in [5, 5.41) is 10.9. The van der Waals surface area contributed by atoms with E-state index in [0.717, 1.165) is 25.7 Å². The number of benzene rings is 1. The van der Waals surface area contributed by atoms with Crippen molar-refractivity contribution in [1.82, 2.24) is 0 Å². The van der Waals surface area contributed by atoms with Crippen molar-refractivity contribution in [2.75, 3.05) is 7.11 Å². The third-order valence-electron chi connectivity index (χ3n) is 4.28. The molecule has 1 aliphatic carbocycles. The van der Waals surface area contributed by atoms with Crippen LogP contribution in [-0.4, -0.2) is 17.8 Å². The fraction of sp³-hybridized carbons (Fsp3) is 0.600. The Morgan fingerprint density at radius 3 is 2.58 bits per heavy atom. The van der Waals surface area contributed by atoms with Crippen molar-refractivity contribution in [3.05, 3.63) is 34.6 Å². The molecule has 19 heavy (non-hydrogen) atoms. The van der Waals surface area contributed by atoms with Gasteiger partial charge in [0.25, 0.3) is 0 Å². The number of ether oxygens (including phenoxy) is 1. The molecule has 0 amide bonds. The van der Waals surface area contributed by atoms with E-state index in [2.05, 4.69) is 6.92 Å². The highest BCUT2D eigenvalue weighted by molar-refractivity contribution is 6.30. The van der Waals surface area contributed by atoms with Crippen LogP contribution in [0.2, 0.25) is 5.02 Å². The Labute approximate surface area is 118 Å². The van der Waals surface area contributed by atoms with E-state index in [1.807, 2.05) is 0 Å². The second-order valence-corrected chi connectivity index (χ2v) is 5.96. The highest BCUT2D eigenvalue weighted by Gasteiger charge is 2.42. The molecule has 0 saturated heterocycles. The molecule has 0 aliphatic heterocycles. The second-order valence-electron chi connectivity index (χ2n) is 5.52. The number of methoxy groups -OCH3 is 1. The first-order valence-electron chi connectivity index (χ1n) is 6.66. The van der Waals surface area contributed by atoms with Gasteiger partial charge in [-0.2, -0.15) is 0 Å². The van der Waals surface area contributed by atoms with Crippen LogP contribution in [0.1, 0.15) is 44.3 Å². The Hall–Kier alpha value is -0.640. The van der Waals surface area contributed by atoms with Gasteiger partial charge in [-0.05, 0) is 43.7 Å². The van der Waals surface area contributed by atoms with Gasteiger partial charge in [0.1, 0.15) is 11.9 Å². The smallest absolute Gasteiger partial charge is 0.130 e. The molecule has 4 heteroatoms. The van der Waals surface area contributed by atoms with Crippen molar-refractivity contribution in [3.63, 3.8) is 0 Å². The Balaban J connectivity index is 2.27. The number of hydrogen-bond donors (Lipinski definition) is 1. The molecule has 1 saturated carbocycles. The lowest BCUT2D eigenvalue weighted by Crippen LogP contribution is -2.42. The standard InChI is InChI=1S/C15H20ClFO2/c1-10-5-7-15(19-2,8-6-10)14(18)12-4-3-11(16)9-13(12)17/h3-4,9-10,14,18H,5-8H2,1-2H3. The molecule has 1 atom stereocenters. The summed E-state index contributed by atoms with van der Waals surface area (Å²) in [6.45, 7) is 2.19. The Morgan fingerprint density at radius 1 is 1.42 bits per heavy atom. The van der Waals surface area contributed by atoms with Crippen LogP contribution in [0.25, 0.3) is 0 Å². The number of aliphatic hydroxyl groups is 1. The van der Waals surface area contributed by atoms with Crippen LogP contribution in [0, 0.1) is 11.7 Å². The maximum atomic E-state index is 13.9. The van der Waals surface area contributed by atoms with Crippen molar-refractivity contribution >= 4 is 11.6 Å². The summed E-state index contributed by atoms with van der Waals surface area (Å²) >= 11 is 5.74. The zero-order valence-corrected chi connectivity index (χ0v) is 12.1. The van der Waals surface area contributed by atoms with E-state index >= 15 is 0 Å². The molecule has 0 bridgehead atoms. The van der Waals surface area contributed by atoms with Gasteiger partial charge in [0.15, 0.2) is 0 Å². The lowest BCUT2D eigenvalue weighted by atomic mass is 9.74. The largest absolute Gasteiger partial charge is 0.385 e. The van der Waals surface area contributed by atoms with E-state index in [-0.39, 0.29) is 5.56 Å². The number of halogens is 2. The SMILES string of the molecule is COC1(C(O)c2ccc(Cl)cc2F)CCC(C)CC1. The summed E-state index contributed by atoms with van der Waals surface area (Å²) in [6, 6.07) is 4.37.